The van der Waals surface area contributed by atoms with Crippen LogP contribution in [-0.2, 0) is 20.0 Å². The molecule has 1 unspecified atom stereocenters. The molecule has 0 radical (unpaired) electrons. The smallest absolute Gasteiger partial charge is 0.329 e. The van der Waals surface area contributed by atoms with Crippen LogP contribution in [0.2, 0.25) is 0 Å². The van der Waals surface area contributed by atoms with Crippen molar-refractivity contribution < 1.29 is 9.84 Å². The summed E-state index contributed by atoms with van der Waals surface area (Å²) < 4.78 is 8.67. The molecule has 29 heavy (non-hydrogen) atoms. The van der Waals surface area contributed by atoms with Gasteiger partial charge in [-0.05, 0) is 30.5 Å². The number of hydrogen-bond acceptors (Lipinski definition) is 6. The second kappa shape index (κ2) is 9.32. The zero-order valence-electron chi connectivity index (χ0n) is 16.8. The van der Waals surface area contributed by atoms with Crippen molar-refractivity contribution in [2.24, 2.45) is 7.05 Å². The molecular weight excluding hydrogens is 392 g/mol. The van der Waals surface area contributed by atoms with Crippen molar-refractivity contribution in [2.45, 2.75) is 44.5 Å². The fraction of sp³-hybridized carbons (Fsp3) is 0.450. The number of aryl methyl sites for hydroxylation is 2. The largest absolute Gasteiger partial charge is 0.491 e. The van der Waals surface area contributed by atoms with E-state index in [9.17, 15) is 14.7 Å². The average molecular weight is 419 g/mol. The van der Waals surface area contributed by atoms with Crippen molar-refractivity contribution in [2.75, 3.05) is 12.4 Å². The molecule has 8 nitrogen and oxygen atoms in total. The molecule has 1 atom stereocenters. The number of aliphatic hydroxyl groups is 1. The molecule has 3 rings (SSSR count). The lowest BCUT2D eigenvalue weighted by Crippen LogP contribution is -2.30. The molecule has 0 bridgehead atoms. The highest BCUT2D eigenvalue weighted by Gasteiger charge is 2.20. The third-order valence-corrected chi connectivity index (χ3v) is 5.76. The van der Waals surface area contributed by atoms with E-state index in [2.05, 4.69) is 23.8 Å². The SMILES string of the molecule is CCCSc1nc2c(c(=O)[nH]c(=O)n2C)n1CC(O)COc1ccc(CC)cc1. The third kappa shape index (κ3) is 4.73. The first-order valence-electron chi connectivity index (χ1n) is 9.66. The van der Waals surface area contributed by atoms with Crippen molar-refractivity contribution in [1.29, 1.82) is 0 Å². The molecule has 0 saturated carbocycles. The summed E-state index contributed by atoms with van der Waals surface area (Å²) in [5.74, 6) is 1.49. The average Bonchev–Trinajstić information content (AvgIpc) is 3.08. The highest BCUT2D eigenvalue weighted by atomic mass is 32.2. The number of aromatic amines is 1. The Morgan fingerprint density at radius 3 is 2.62 bits per heavy atom. The Balaban J connectivity index is 1.84. The first kappa shape index (κ1) is 21.2. The number of aliphatic hydroxyl groups excluding tert-OH is 1. The van der Waals surface area contributed by atoms with E-state index in [-0.39, 0.29) is 18.7 Å². The van der Waals surface area contributed by atoms with Crippen LogP contribution < -0.4 is 16.0 Å². The number of nitrogens with one attached hydrogen (secondary N) is 1. The van der Waals surface area contributed by atoms with E-state index in [1.807, 2.05) is 24.3 Å². The summed E-state index contributed by atoms with van der Waals surface area (Å²) in [5.41, 5.74) is 0.767. The number of thioether (sulfide) groups is 1. The lowest BCUT2D eigenvalue weighted by Gasteiger charge is -2.15. The molecule has 2 heterocycles. The molecule has 1 aromatic carbocycles. The van der Waals surface area contributed by atoms with Crippen molar-refractivity contribution in [3.05, 3.63) is 50.7 Å². The maximum absolute atomic E-state index is 12.4. The molecule has 0 fully saturated rings. The first-order valence-corrected chi connectivity index (χ1v) is 10.6. The Kier molecular flexibility index (Phi) is 6.81. The van der Waals surface area contributed by atoms with Crippen LogP contribution in [-0.4, -0.2) is 42.7 Å². The van der Waals surface area contributed by atoms with Crippen molar-refractivity contribution >= 4 is 22.9 Å². The van der Waals surface area contributed by atoms with Gasteiger partial charge in [0.2, 0.25) is 0 Å². The van der Waals surface area contributed by atoms with Crippen molar-refractivity contribution in [1.82, 2.24) is 19.1 Å². The molecule has 0 spiro atoms. The molecule has 2 N–H and O–H groups in total. The minimum atomic E-state index is -0.851. The van der Waals surface area contributed by atoms with Gasteiger partial charge in [-0.15, -0.1) is 0 Å². The predicted molar refractivity (Wildman–Crippen MR) is 114 cm³/mol. The molecular formula is C20H26N4O4S. The summed E-state index contributed by atoms with van der Waals surface area (Å²) in [7, 11) is 1.56. The maximum atomic E-state index is 12.4. The Hall–Kier alpha value is -2.52. The topological polar surface area (TPSA) is 102 Å². The van der Waals surface area contributed by atoms with E-state index in [4.69, 9.17) is 4.74 Å². The molecule has 0 saturated heterocycles. The monoisotopic (exact) mass is 418 g/mol. The van der Waals surface area contributed by atoms with Crippen LogP contribution in [0.1, 0.15) is 25.8 Å². The van der Waals surface area contributed by atoms with Gasteiger partial charge < -0.3 is 14.4 Å². The van der Waals surface area contributed by atoms with Gasteiger partial charge in [0.1, 0.15) is 18.5 Å². The number of fused-ring (bicyclic) bond motifs is 1. The molecule has 0 aliphatic heterocycles. The zero-order valence-corrected chi connectivity index (χ0v) is 17.7. The molecule has 9 heteroatoms. The maximum Gasteiger partial charge on any atom is 0.329 e. The standard InChI is InChI=1S/C20H26N4O4S/c1-4-10-29-20-21-17-16(18(26)22-19(27)23(17)3)24(20)11-14(25)12-28-15-8-6-13(5-2)7-9-15/h6-9,14,25H,4-5,10-12H2,1-3H3,(H,22,26,27). The van der Waals surface area contributed by atoms with Crippen LogP contribution in [0.3, 0.4) is 0 Å². The Morgan fingerprint density at radius 1 is 1.24 bits per heavy atom. The van der Waals surface area contributed by atoms with Gasteiger partial charge in [0.05, 0.1) is 6.54 Å². The fourth-order valence-corrected chi connectivity index (χ4v) is 3.82. The minimum absolute atomic E-state index is 0.0761. The van der Waals surface area contributed by atoms with E-state index >= 15 is 0 Å². The molecule has 2 aromatic heterocycles. The number of aromatic nitrogens is 4. The molecule has 0 amide bonds. The number of imidazole rings is 1. The minimum Gasteiger partial charge on any atom is -0.491 e. The van der Waals surface area contributed by atoms with E-state index in [0.717, 1.165) is 18.6 Å². The highest BCUT2D eigenvalue weighted by molar-refractivity contribution is 7.99. The van der Waals surface area contributed by atoms with Crippen LogP contribution in [0.5, 0.6) is 5.75 Å². The van der Waals surface area contributed by atoms with Crippen molar-refractivity contribution in [3.63, 3.8) is 0 Å². The number of ether oxygens (including phenoxy) is 1. The number of H-pyrrole nitrogens is 1. The van der Waals surface area contributed by atoms with E-state index < -0.39 is 17.4 Å². The van der Waals surface area contributed by atoms with Crippen LogP contribution >= 0.6 is 11.8 Å². The summed E-state index contributed by atoms with van der Waals surface area (Å²) in [5, 5.41) is 11.1. The van der Waals surface area contributed by atoms with E-state index in [0.29, 0.717) is 16.6 Å². The number of nitrogens with zero attached hydrogens (tertiary/aromatic N) is 3. The quantitative estimate of drug-likeness (QED) is 0.515. The van der Waals surface area contributed by atoms with Gasteiger partial charge in [0, 0.05) is 12.8 Å². The fourth-order valence-electron chi connectivity index (χ4n) is 2.96. The summed E-state index contributed by atoms with van der Waals surface area (Å²) in [6, 6.07) is 7.73. The van der Waals surface area contributed by atoms with Gasteiger partial charge in [0.15, 0.2) is 16.3 Å². The summed E-state index contributed by atoms with van der Waals surface area (Å²) in [4.78, 5) is 31.1. The van der Waals surface area contributed by atoms with E-state index in [1.165, 1.54) is 21.9 Å². The van der Waals surface area contributed by atoms with Crippen LogP contribution in [0, 0.1) is 0 Å². The summed E-state index contributed by atoms with van der Waals surface area (Å²) in [6.45, 7) is 4.35. The molecule has 0 aliphatic carbocycles. The van der Waals surface area contributed by atoms with Crippen LogP contribution in [0.15, 0.2) is 39.0 Å². The Labute approximate surface area is 172 Å². The number of rotatable bonds is 9. The van der Waals surface area contributed by atoms with Gasteiger partial charge in [-0.3, -0.25) is 14.3 Å². The highest BCUT2D eigenvalue weighted by Crippen LogP contribution is 2.22. The molecule has 156 valence electrons. The lowest BCUT2D eigenvalue weighted by atomic mass is 10.2. The number of benzene rings is 1. The van der Waals surface area contributed by atoms with Gasteiger partial charge in [-0.2, -0.15) is 0 Å². The van der Waals surface area contributed by atoms with Crippen LogP contribution in [0.4, 0.5) is 0 Å². The Bertz CT molecular complexity index is 1080. The first-order chi connectivity index (χ1) is 13.9. The van der Waals surface area contributed by atoms with Crippen LogP contribution in [0.25, 0.3) is 11.2 Å². The molecule has 3 aromatic rings. The van der Waals surface area contributed by atoms with Crippen molar-refractivity contribution in [3.8, 4) is 5.75 Å². The van der Waals surface area contributed by atoms with Gasteiger partial charge >= 0.3 is 5.69 Å². The Morgan fingerprint density at radius 2 is 1.97 bits per heavy atom. The normalized spacial score (nSPS) is 12.4. The zero-order chi connectivity index (χ0) is 21.0. The predicted octanol–water partition coefficient (Wildman–Crippen LogP) is 1.93. The van der Waals surface area contributed by atoms with E-state index in [1.54, 1.807) is 11.6 Å². The summed E-state index contributed by atoms with van der Waals surface area (Å²) in [6.07, 6.45) is 1.03. The van der Waals surface area contributed by atoms with Gasteiger partial charge in [0.25, 0.3) is 5.56 Å². The second-order valence-corrected chi connectivity index (χ2v) is 7.87. The number of hydrogen-bond donors (Lipinski definition) is 2. The third-order valence-electron chi connectivity index (χ3n) is 4.57. The molecule has 0 aliphatic rings. The van der Waals surface area contributed by atoms with Gasteiger partial charge in [-0.25, -0.2) is 9.78 Å². The lowest BCUT2D eigenvalue weighted by molar-refractivity contribution is 0.0914. The summed E-state index contributed by atoms with van der Waals surface area (Å²) >= 11 is 1.49. The second-order valence-electron chi connectivity index (χ2n) is 6.81. The van der Waals surface area contributed by atoms with Gasteiger partial charge in [-0.1, -0.05) is 37.7 Å².